The Bertz CT molecular complexity index is 1560. The maximum Gasteiger partial charge on any atom is 0.418 e. The summed E-state index contributed by atoms with van der Waals surface area (Å²) in [6.45, 7) is 0. The number of amides is 4. The van der Waals surface area contributed by atoms with Crippen LogP contribution in [0.1, 0.15) is 25.7 Å². The van der Waals surface area contributed by atoms with Crippen molar-refractivity contribution in [2.75, 3.05) is 23.0 Å². The number of anilines is 3. The summed E-state index contributed by atoms with van der Waals surface area (Å²) in [5.74, 6) is -0.612. The van der Waals surface area contributed by atoms with Crippen molar-refractivity contribution in [1.29, 1.82) is 0 Å². The van der Waals surface area contributed by atoms with Crippen molar-refractivity contribution in [3.8, 4) is 11.5 Å². The van der Waals surface area contributed by atoms with E-state index in [-0.39, 0.29) is 22.2 Å². The number of ether oxygens (including phenoxy) is 1. The molecule has 4 rings (SSSR count). The molecule has 0 aliphatic heterocycles. The molecule has 0 saturated carbocycles. The summed E-state index contributed by atoms with van der Waals surface area (Å²) in [5, 5.41) is 8.41. The number of nitrogens with zero attached hydrogens (tertiary/aromatic N) is 2. The van der Waals surface area contributed by atoms with Gasteiger partial charge in [-0.05, 0) is 48.5 Å². The summed E-state index contributed by atoms with van der Waals surface area (Å²) in [6.07, 6.45) is -2.56. The van der Waals surface area contributed by atoms with Crippen LogP contribution >= 0.6 is 11.3 Å². The Balaban J connectivity index is 1.40. The van der Waals surface area contributed by atoms with Gasteiger partial charge < -0.3 is 26.0 Å². The summed E-state index contributed by atoms with van der Waals surface area (Å²) in [7, 11) is 1.47. The van der Waals surface area contributed by atoms with Gasteiger partial charge in [0.1, 0.15) is 22.1 Å². The van der Waals surface area contributed by atoms with Crippen LogP contribution in [0, 0.1) is 5.26 Å². The molecule has 0 unspecified atom stereocenters. The van der Waals surface area contributed by atoms with Gasteiger partial charge in [0.25, 0.3) is 17.1 Å². The van der Waals surface area contributed by atoms with Gasteiger partial charge >= 0.3 is 12.2 Å². The fourth-order valence-electron chi connectivity index (χ4n) is 3.27. The third-order valence-corrected chi connectivity index (χ3v) is 5.86. The number of hydrogen-bond donors (Lipinski definition) is 4. The van der Waals surface area contributed by atoms with Gasteiger partial charge in [-0.1, -0.05) is 11.3 Å². The molecule has 2 aromatic heterocycles. The molecule has 15 heteroatoms. The fraction of sp³-hybridized carbons (Fsp3) is 0.0800. The van der Waals surface area contributed by atoms with Crippen LogP contribution in [-0.4, -0.2) is 34.9 Å². The SMILES string of the molecule is CNC(=O)c1cc(Oc2ccc(NC(=O)Nc3ccc(NC(=O)c4cnc(F)s4)c(C(F)(F)F)c3)cc2)ccn1. The molecular weight excluding hydrogens is 556 g/mol. The minimum Gasteiger partial charge on any atom is -0.457 e. The molecule has 0 bridgehead atoms. The number of carbonyl (C=O) groups excluding carboxylic acids is 3. The molecule has 2 heterocycles. The average molecular weight is 575 g/mol. The predicted molar refractivity (Wildman–Crippen MR) is 138 cm³/mol. The highest BCUT2D eigenvalue weighted by atomic mass is 32.1. The van der Waals surface area contributed by atoms with E-state index in [0.717, 1.165) is 18.3 Å². The largest absolute Gasteiger partial charge is 0.457 e. The van der Waals surface area contributed by atoms with Gasteiger partial charge in [-0.25, -0.2) is 9.78 Å². The Kier molecular flexibility index (Phi) is 8.23. The summed E-state index contributed by atoms with van der Waals surface area (Å²) >= 11 is 0.383. The lowest BCUT2D eigenvalue weighted by Crippen LogP contribution is -2.20. The highest BCUT2D eigenvalue weighted by Crippen LogP contribution is 2.37. The molecule has 2 aromatic carbocycles. The maximum atomic E-state index is 13.7. The molecule has 0 radical (unpaired) electrons. The molecule has 4 amide bonds. The average Bonchev–Trinajstić information content (AvgIpc) is 3.36. The van der Waals surface area contributed by atoms with Gasteiger partial charge in [-0.3, -0.25) is 14.6 Å². The Hall–Kier alpha value is -5.05. The maximum absolute atomic E-state index is 13.7. The third kappa shape index (κ3) is 7.08. The van der Waals surface area contributed by atoms with Crippen LogP contribution in [0.4, 0.5) is 39.4 Å². The predicted octanol–water partition coefficient (Wildman–Crippen LogP) is 5.74. The van der Waals surface area contributed by atoms with Crippen molar-refractivity contribution < 1.29 is 36.7 Å². The van der Waals surface area contributed by atoms with Crippen LogP contribution in [0.15, 0.2) is 67.0 Å². The molecule has 0 aliphatic rings. The number of halogens is 4. The number of rotatable bonds is 7. The van der Waals surface area contributed by atoms with E-state index < -0.39 is 34.6 Å². The quantitative estimate of drug-likeness (QED) is 0.208. The molecule has 4 aromatic rings. The van der Waals surface area contributed by atoms with Crippen molar-refractivity contribution in [1.82, 2.24) is 15.3 Å². The van der Waals surface area contributed by atoms with Crippen LogP contribution in [0.2, 0.25) is 0 Å². The van der Waals surface area contributed by atoms with Crippen molar-refractivity contribution in [2.24, 2.45) is 0 Å². The number of nitrogens with one attached hydrogen (secondary N) is 4. The van der Waals surface area contributed by atoms with Gasteiger partial charge in [-0.2, -0.15) is 17.6 Å². The van der Waals surface area contributed by atoms with E-state index in [1.165, 1.54) is 43.6 Å². The number of hydrogen-bond acceptors (Lipinski definition) is 7. The molecular formula is C25H18F4N6O4S. The molecule has 40 heavy (non-hydrogen) atoms. The number of aromatic nitrogens is 2. The topological polar surface area (TPSA) is 134 Å². The first-order valence-corrected chi connectivity index (χ1v) is 12.0. The molecule has 0 spiro atoms. The molecule has 0 aliphatic carbocycles. The first kappa shape index (κ1) is 28.0. The lowest BCUT2D eigenvalue weighted by molar-refractivity contribution is -0.136. The normalized spacial score (nSPS) is 10.9. The van der Waals surface area contributed by atoms with Crippen LogP contribution in [-0.2, 0) is 6.18 Å². The van der Waals surface area contributed by atoms with E-state index in [0.29, 0.717) is 34.6 Å². The molecule has 0 atom stereocenters. The van der Waals surface area contributed by atoms with Crippen molar-refractivity contribution in [3.05, 3.63) is 88.4 Å². The lowest BCUT2D eigenvalue weighted by atomic mass is 10.1. The zero-order valence-electron chi connectivity index (χ0n) is 20.3. The highest BCUT2D eigenvalue weighted by Gasteiger charge is 2.34. The summed E-state index contributed by atoms with van der Waals surface area (Å²) in [6, 6.07) is 11.0. The van der Waals surface area contributed by atoms with Gasteiger partial charge in [0, 0.05) is 30.7 Å². The van der Waals surface area contributed by atoms with E-state index >= 15 is 0 Å². The zero-order chi connectivity index (χ0) is 28.9. The summed E-state index contributed by atoms with van der Waals surface area (Å²) < 4.78 is 59.7. The van der Waals surface area contributed by atoms with Crippen molar-refractivity contribution >= 4 is 46.2 Å². The second-order valence-corrected chi connectivity index (χ2v) is 8.83. The van der Waals surface area contributed by atoms with Crippen molar-refractivity contribution in [2.45, 2.75) is 6.18 Å². The van der Waals surface area contributed by atoms with Gasteiger partial charge in [0.05, 0.1) is 17.4 Å². The number of pyridine rings is 1. The number of benzene rings is 2. The standard InChI is InChI=1S/C25H18F4N6O4S/c1-30-21(36)19-11-16(8-9-31-19)39-15-5-2-13(3-6-15)33-24(38)34-14-4-7-18(17(10-14)25(27,28)29)35-22(37)20-12-32-23(26)40-20/h2-12H,1H3,(H,30,36)(H,35,37)(H2,33,34,38). The van der Waals surface area contributed by atoms with E-state index in [2.05, 4.69) is 31.2 Å². The number of carbonyl (C=O) groups is 3. The van der Waals surface area contributed by atoms with Crippen LogP contribution in [0.3, 0.4) is 0 Å². The zero-order valence-corrected chi connectivity index (χ0v) is 21.1. The van der Waals surface area contributed by atoms with Gasteiger partial charge in [0.2, 0.25) is 0 Å². The Morgan fingerprint density at radius 2 is 1.55 bits per heavy atom. The smallest absolute Gasteiger partial charge is 0.418 e. The Labute approximate surface area is 227 Å². The van der Waals surface area contributed by atoms with Crippen LogP contribution in [0.5, 0.6) is 11.5 Å². The van der Waals surface area contributed by atoms with Gasteiger partial charge in [0.15, 0.2) is 0 Å². The number of alkyl halides is 3. The first-order chi connectivity index (χ1) is 19.0. The second kappa shape index (κ2) is 11.8. The second-order valence-electron chi connectivity index (χ2n) is 7.85. The summed E-state index contributed by atoms with van der Waals surface area (Å²) in [4.78, 5) is 43.3. The van der Waals surface area contributed by atoms with E-state index in [1.54, 1.807) is 6.07 Å². The third-order valence-electron chi connectivity index (χ3n) is 5.07. The van der Waals surface area contributed by atoms with E-state index in [9.17, 15) is 31.9 Å². The molecule has 206 valence electrons. The number of urea groups is 1. The molecule has 0 saturated heterocycles. The van der Waals surface area contributed by atoms with Crippen molar-refractivity contribution in [3.63, 3.8) is 0 Å². The molecule has 4 N–H and O–H groups in total. The monoisotopic (exact) mass is 574 g/mol. The van der Waals surface area contributed by atoms with Gasteiger partial charge in [-0.15, -0.1) is 0 Å². The molecule has 0 fully saturated rings. The first-order valence-electron chi connectivity index (χ1n) is 11.2. The lowest BCUT2D eigenvalue weighted by Gasteiger charge is -2.16. The van der Waals surface area contributed by atoms with Crippen LogP contribution in [0.25, 0.3) is 0 Å². The summed E-state index contributed by atoms with van der Waals surface area (Å²) in [5.41, 5.74) is -1.53. The van der Waals surface area contributed by atoms with E-state index in [1.807, 2.05) is 0 Å². The Morgan fingerprint density at radius 1 is 0.850 bits per heavy atom. The number of thiazole rings is 1. The Morgan fingerprint density at radius 3 is 2.20 bits per heavy atom. The molecule has 10 nitrogen and oxygen atoms in total. The minimum absolute atomic E-state index is 0.161. The highest BCUT2D eigenvalue weighted by molar-refractivity contribution is 7.12. The minimum atomic E-state index is -4.87. The fourth-order valence-corrected chi connectivity index (χ4v) is 3.81. The van der Waals surface area contributed by atoms with E-state index in [4.69, 9.17) is 4.74 Å². The van der Waals surface area contributed by atoms with Crippen LogP contribution < -0.4 is 26.0 Å².